The van der Waals surface area contributed by atoms with Crippen LogP contribution < -0.4 is 0 Å². The maximum atomic E-state index is 11.7. The maximum Gasteiger partial charge on any atom is 0.303 e. The quantitative estimate of drug-likeness (QED) is 0.589. The summed E-state index contributed by atoms with van der Waals surface area (Å²) in [5, 5.41) is 0.958. The summed E-state index contributed by atoms with van der Waals surface area (Å²) >= 11 is 6.67. The molecule has 3 aliphatic carbocycles. The molecular formula is C22H29ClO2. The summed E-state index contributed by atoms with van der Waals surface area (Å²) in [4.78, 5) is 11.7. The molecule has 1 aromatic rings. The molecule has 0 bridgehead atoms. The van der Waals surface area contributed by atoms with Crippen molar-refractivity contribution in [3.8, 4) is 0 Å². The van der Waals surface area contributed by atoms with Gasteiger partial charge in [0.1, 0.15) is 5.60 Å². The summed E-state index contributed by atoms with van der Waals surface area (Å²) in [5.74, 6) is 1.73. The smallest absolute Gasteiger partial charge is 0.303 e. The van der Waals surface area contributed by atoms with Crippen LogP contribution in [0.2, 0.25) is 5.02 Å². The Hall–Kier alpha value is -1.02. The van der Waals surface area contributed by atoms with Gasteiger partial charge >= 0.3 is 5.97 Å². The van der Waals surface area contributed by atoms with Crippen LogP contribution in [0.1, 0.15) is 75.5 Å². The second kappa shape index (κ2) is 5.74. The van der Waals surface area contributed by atoms with Crippen molar-refractivity contribution in [3.05, 3.63) is 33.8 Å². The number of benzene rings is 1. The molecule has 0 amide bonds. The number of carbonyl (C=O) groups excluding carboxylic acids is 1. The second-order valence-corrected chi connectivity index (χ2v) is 9.40. The lowest BCUT2D eigenvalue weighted by Crippen LogP contribution is -2.51. The SMILES string of the molecule is CC(=O)O[C@]1(C)CC[C@@H]2[C@@H]3CCc4c(C)ccc(Cl)c4[C@H]3CC[C@]21C. The number of hydrogen-bond donors (Lipinski definition) is 0. The van der Waals surface area contributed by atoms with Crippen LogP contribution in [-0.4, -0.2) is 11.6 Å². The Bertz CT molecular complexity index is 727. The molecule has 5 atom stereocenters. The molecule has 2 fully saturated rings. The summed E-state index contributed by atoms with van der Waals surface area (Å²) in [6.45, 7) is 8.31. The standard InChI is InChI=1S/C22H29ClO2/c1-13-5-8-19(23)20-15(13)6-7-16-17(20)9-11-21(3)18(16)10-12-22(21,4)25-14(2)24/h5,8,16-18H,6-7,9-12H2,1-4H3/t16-,17+,18-,21-,22-/m1/s1. The van der Waals surface area contributed by atoms with E-state index in [1.165, 1.54) is 29.5 Å². The van der Waals surface area contributed by atoms with Gasteiger partial charge in [-0.1, -0.05) is 24.6 Å². The van der Waals surface area contributed by atoms with Gasteiger partial charge in [0.2, 0.25) is 0 Å². The summed E-state index contributed by atoms with van der Waals surface area (Å²) in [6, 6.07) is 4.26. The van der Waals surface area contributed by atoms with Crippen molar-refractivity contribution < 1.29 is 9.53 Å². The van der Waals surface area contributed by atoms with Crippen LogP contribution in [0.4, 0.5) is 0 Å². The van der Waals surface area contributed by atoms with E-state index in [9.17, 15) is 4.79 Å². The van der Waals surface area contributed by atoms with Gasteiger partial charge < -0.3 is 4.74 Å². The first-order chi connectivity index (χ1) is 11.8. The third-order valence-corrected chi connectivity index (χ3v) is 8.30. The first kappa shape index (κ1) is 17.4. The molecule has 3 heteroatoms. The highest BCUT2D eigenvalue weighted by atomic mass is 35.5. The Kier molecular flexibility index (Phi) is 3.99. The molecule has 1 aromatic carbocycles. The normalized spacial score (nSPS) is 39.3. The minimum absolute atomic E-state index is 0.0909. The van der Waals surface area contributed by atoms with E-state index >= 15 is 0 Å². The van der Waals surface area contributed by atoms with E-state index in [4.69, 9.17) is 16.3 Å². The van der Waals surface area contributed by atoms with Crippen LogP contribution in [0, 0.1) is 24.2 Å². The van der Waals surface area contributed by atoms with Crippen molar-refractivity contribution in [2.45, 2.75) is 77.7 Å². The van der Waals surface area contributed by atoms with E-state index in [0.717, 1.165) is 30.7 Å². The first-order valence-electron chi connectivity index (χ1n) is 9.74. The van der Waals surface area contributed by atoms with Gasteiger partial charge in [0.05, 0.1) is 0 Å². The van der Waals surface area contributed by atoms with Gasteiger partial charge in [0.15, 0.2) is 0 Å². The van der Waals surface area contributed by atoms with Gasteiger partial charge in [-0.25, -0.2) is 0 Å². The molecule has 136 valence electrons. The minimum atomic E-state index is -0.314. The fraction of sp³-hybridized carbons (Fsp3) is 0.682. The Morgan fingerprint density at radius 2 is 1.96 bits per heavy atom. The van der Waals surface area contributed by atoms with Gasteiger partial charge in [-0.05, 0) is 92.9 Å². The van der Waals surface area contributed by atoms with E-state index in [0.29, 0.717) is 17.8 Å². The highest BCUT2D eigenvalue weighted by molar-refractivity contribution is 6.31. The Morgan fingerprint density at radius 3 is 2.68 bits per heavy atom. The van der Waals surface area contributed by atoms with E-state index in [2.05, 4.69) is 32.9 Å². The van der Waals surface area contributed by atoms with Gasteiger partial charge in [0.25, 0.3) is 0 Å². The number of aryl methyl sites for hydroxylation is 1. The van der Waals surface area contributed by atoms with E-state index in [1.54, 1.807) is 6.92 Å². The van der Waals surface area contributed by atoms with Gasteiger partial charge in [0, 0.05) is 17.4 Å². The largest absolute Gasteiger partial charge is 0.459 e. The monoisotopic (exact) mass is 360 g/mol. The highest BCUT2D eigenvalue weighted by Gasteiger charge is 2.62. The fourth-order valence-corrected chi connectivity index (χ4v) is 6.87. The molecule has 25 heavy (non-hydrogen) atoms. The zero-order valence-corrected chi connectivity index (χ0v) is 16.6. The molecule has 0 heterocycles. The molecular weight excluding hydrogens is 332 g/mol. The van der Waals surface area contributed by atoms with Crippen molar-refractivity contribution in [1.29, 1.82) is 0 Å². The van der Waals surface area contributed by atoms with Crippen LogP contribution in [-0.2, 0) is 16.0 Å². The molecule has 0 aromatic heterocycles. The predicted molar refractivity (Wildman–Crippen MR) is 101 cm³/mol. The molecule has 4 rings (SSSR count). The van der Waals surface area contributed by atoms with Crippen molar-refractivity contribution in [2.75, 3.05) is 0 Å². The van der Waals surface area contributed by atoms with Crippen LogP contribution in [0.5, 0.6) is 0 Å². The molecule has 0 radical (unpaired) electrons. The number of esters is 1. The number of rotatable bonds is 1. The van der Waals surface area contributed by atoms with Crippen LogP contribution in [0.3, 0.4) is 0 Å². The Morgan fingerprint density at radius 1 is 1.20 bits per heavy atom. The van der Waals surface area contributed by atoms with Crippen LogP contribution in [0.25, 0.3) is 0 Å². The lowest BCUT2D eigenvalue weighted by atomic mass is 9.53. The Labute approximate surface area is 156 Å². The molecule has 2 saturated carbocycles. The number of fused-ring (bicyclic) bond motifs is 5. The number of ether oxygens (including phenoxy) is 1. The summed E-state index contributed by atoms with van der Waals surface area (Å²) in [5.41, 5.74) is 4.10. The molecule has 0 saturated heterocycles. The topological polar surface area (TPSA) is 26.3 Å². The molecule has 0 N–H and O–H groups in total. The summed E-state index contributed by atoms with van der Waals surface area (Å²) < 4.78 is 5.90. The molecule has 3 aliphatic rings. The number of hydrogen-bond acceptors (Lipinski definition) is 2. The van der Waals surface area contributed by atoms with Crippen molar-refractivity contribution in [3.63, 3.8) is 0 Å². The zero-order valence-electron chi connectivity index (χ0n) is 15.8. The van der Waals surface area contributed by atoms with Gasteiger partial charge in [-0.15, -0.1) is 0 Å². The molecule has 2 nitrogen and oxygen atoms in total. The van der Waals surface area contributed by atoms with Crippen LogP contribution in [0.15, 0.2) is 12.1 Å². The van der Waals surface area contributed by atoms with Crippen molar-refractivity contribution in [2.24, 2.45) is 17.3 Å². The zero-order chi connectivity index (χ0) is 18.0. The Balaban J connectivity index is 1.71. The van der Waals surface area contributed by atoms with Gasteiger partial charge in [-0.3, -0.25) is 4.79 Å². The predicted octanol–water partition coefficient (Wildman–Crippen LogP) is 5.83. The fourth-order valence-electron chi connectivity index (χ4n) is 6.55. The highest BCUT2D eigenvalue weighted by Crippen LogP contribution is 2.65. The van der Waals surface area contributed by atoms with E-state index < -0.39 is 0 Å². The average molecular weight is 361 g/mol. The van der Waals surface area contributed by atoms with Gasteiger partial charge in [-0.2, -0.15) is 0 Å². The van der Waals surface area contributed by atoms with E-state index in [-0.39, 0.29) is 17.0 Å². The van der Waals surface area contributed by atoms with E-state index in [1.807, 2.05) is 0 Å². The maximum absolute atomic E-state index is 11.7. The molecule has 0 unspecified atom stereocenters. The van der Waals surface area contributed by atoms with Crippen molar-refractivity contribution in [1.82, 2.24) is 0 Å². The lowest BCUT2D eigenvalue weighted by molar-refractivity contribution is -0.173. The minimum Gasteiger partial charge on any atom is -0.459 e. The van der Waals surface area contributed by atoms with Crippen molar-refractivity contribution >= 4 is 17.6 Å². The summed E-state index contributed by atoms with van der Waals surface area (Å²) in [6.07, 6.45) is 6.82. The second-order valence-electron chi connectivity index (χ2n) is 8.99. The number of carbonyl (C=O) groups is 1. The summed E-state index contributed by atoms with van der Waals surface area (Å²) in [7, 11) is 0. The number of halogens is 1. The van der Waals surface area contributed by atoms with Crippen LogP contribution >= 0.6 is 11.6 Å². The lowest BCUT2D eigenvalue weighted by Gasteiger charge is -2.53. The first-order valence-corrected chi connectivity index (χ1v) is 10.1. The third kappa shape index (κ3) is 2.40. The third-order valence-electron chi connectivity index (χ3n) is 7.97. The molecule has 0 aliphatic heterocycles. The average Bonchev–Trinajstić information content (AvgIpc) is 2.81. The molecule has 0 spiro atoms.